The second kappa shape index (κ2) is 5.70. The molecule has 1 aromatic carbocycles. The van der Waals surface area contributed by atoms with Crippen molar-refractivity contribution in [1.29, 1.82) is 0 Å². The lowest BCUT2D eigenvalue weighted by Gasteiger charge is -2.12. The molecule has 0 aliphatic carbocycles. The molecule has 0 fully saturated rings. The lowest BCUT2D eigenvalue weighted by atomic mass is 10.2. The monoisotopic (exact) mass is 297 g/mol. The summed E-state index contributed by atoms with van der Waals surface area (Å²) in [7, 11) is 0. The van der Waals surface area contributed by atoms with Crippen molar-refractivity contribution in [3.63, 3.8) is 0 Å². The summed E-state index contributed by atoms with van der Waals surface area (Å²) in [6.07, 6.45) is -3.30. The summed E-state index contributed by atoms with van der Waals surface area (Å²) >= 11 is 0. The Hall–Kier alpha value is -2.77. The molecule has 0 atom stereocenters. The molecule has 1 heterocycles. The standard InChI is InChI=1S/C13H10F3N3O2/c14-13(15,16)9-3-1-2-4-10(9)21-11-6-5-8(7-18-11)12(17)19-20/h1-7,20H,(H2,17,19). The van der Waals surface area contributed by atoms with Crippen molar-refractivity contribution in [1.82, 2.24) is 4.98 Å². The summed E-state index contributed by atoms with van der Waals surface area (Å²) in [5, 5.41) is 11.3. The van der Waals surface area contributed by atoms with Crippen LogP contribution in [0.25, 0.3) is 0 Å². The van der Waals surface area contributed by atoms with Gasteiger partial charge in [0.15, 0.2) is 5.84 Å². The Labute approximate surface area is 117 Å². The topological polar surface area (TPSA) is 80.7 Å². The molecule has 0 aliphatic rings. The number of ether oxygens (including phenoxy) is 1. The van der Waals surface area contributed by atoms with E-state index in [1.165, 1.54) is 36.5 Å². The molecule has 0 radical (unpaired) electrons. The van der Waals surface area contributed by atoms with Gasteiger partial charge in [-0.3, -0.25) is 0 Å². The van der Waals surface area contributed by atoms with Crippen LogP contribution in [-0.2, 0) is 6.18 Å². The van der Waals surface area contributed by atoms with Crippen molar-refractivity contribution in [2.75, 3.05) is 0 Å². The van der Waals surface area contributed by atoms with Crippen molar-refractivity contribution in [3.05, 3.63) is 53.7 Å². The van der Waals surface area contributed by atoms with Crippen LogP contribution in [0.1, 0.15) is 11.1 Å². The molecule has 1 aromatic heterocycles. The lowest BCUT2D eigenvalue weighted by Crippen LogP contribution is -2.13. The number of amidine groups is 1. The third-order valence-electron chi connectivity index (χ3n) is 2.55. The lowest BCUT2D eigenvalue weighted by molar-refractivity contribution is -0.138. The Balaban J connectivity index is 2.27. The Morgan fingerprint density at radius 2 is 1.90 bits per heavy atom. The fraction of sp³-hybridized carbons (Fsp3) is 0.0769. The molecule has 2 rings (SSSR count). The fourth-order valence-corrected chi connectivity index (χ4v) is 1.55. The van der Waals surface area contributed by atoms with Gasteiger partial charge in [0.2, 0.25) is 5.88 Å². The first-order chi connectivity index (χ1) is 9.91. The van der Waals surface area contributed by atoms with Gasteiger partial charge in [0, 0.05) is 17.8 Å². The van der Waals surface area contributed by atoms with E-state index in [0.717, 1.165) is 6.07 Å². The molecule has 110 valence electrons. The Kier molecular flexibility index (Phi) is 3.97. The largest absolute Gasteiger partial charge is 0.438 e. The van der Waals surface area contributed by atoms with Crippen LogP contribution >= 0.6 is 0 Å². The van der Waals surface area contributed by atoms with Crippen LogP contribution in [0.15, 0.2) is 47.8 Å². The van der Waals surface area contributed by atoms with Gasteiger partial charge in [-0.05, 0) is 18.2 Å². The number of oxime groups is 1. The van der Waals surface area contributed by atoms with Gasteiger partial charge >= 0.3 is 6.18 Å². The maximum absolute atomic E-state index is 12.8. The van der Waals surface area contributed by atoms with Gasteiger partial charge in [-0.15, -0.1) is 0 Å². The van der Waals surface area contributed by atoms with Gasteiger partial charge in [-0.1, -0.05) is 17.3 Å². The van der Waals surface area contributed by atoms with Crippen molar-refractivity contribution in [2.45, 2.75) is 6.18 Å². The normalized spacial score (nSPS) is 12.2. The van der Waals surface area contributed by atoms with Crippen molar-refractivity contribution in [2.24, 2.45) is 10.9 Å². The first-order valence-corrected chi connectivity index (χ1v) is 5.70. The number of rotatable bonds is 3. The molecule has 21 heavy (non-hydrogen) atoms. The molecule has 0 aliphatic heterocycles. The minimum Gasteiger partial charge on any atom is -0.438 e. The zero-order valence-corrected chi connectivity index (χ0v) is 10.5. The molecular weight excluding hydrogens is 287 g/mol. The van der Waals surface area contributed by atoms with Crippen molar-refractivity contribution < 1.29 is 23.1 Å². The quantitative estimate of drug-likeness (QED) is 0.395. The van der Waals surface area contributed by atoms with Crippen LogP contribution in [0.5, 0.6) is 11.6 Å². The Morgan fingerprint density at radius 3 is 2.48 bits per heavy atom. The minimum atomic E-state index is -4.52. The first-order valence-electron chi connectivity index (χ1n) is 5.70. The molecule has 0 saturated carbocycles. The molecule has 8 heteroatoms. The van der Waals surface area contributed by atoms with E-state index in [4.69, 9.17) is 15.7 Å². The average molecular weight is 297 g/mol. The summed E-state index contributed by atoms with van der Waals surface area (Å²) in [4.78, 5) is 3.80. The number of benzene rings is 1. The van der Waals surface area contributed by atoms with E-state index in [1.807, 2.05) is 0 Å². The molecular formula is C13H10F3N3O2. The molecule has 0 amide bonds. The molecule has 0 spiro atoms. The van der Waals surface area contributed by atoms with Crippen LogP contribution in [0.3, 0.4) is 0 Å². The average Bonchev–Trinajstić information content (AvgIpc) is 2.47. The molecule has 5 nitrogen and oxygen atoms in total. The summed E-state index contributed by atoms with van der Waals surface area (Å²) in [6.45, 7) is 0. The van der Waals surface area contributed by atoms with Crippen LogP contribution in [0.4, 0.5) is 13.2 Å². The summed E-state index contributed by atoms with van der Waals surface area (Å²) < 4.78 is 43.5. The van der Waals surface area contributed by atoms with E-state index in [0.29, 0.717) is 5.56 Å². The van der Waals surface area contributed by atoms with Gasteiger partial charge in [0.25, 0.3) is 0 Å². The van der Waals surface area contributed by atoms with E-state index in [9.17, 15) is 13.2 Å². The maximum atomic E-state index is 12.8. The molecule has 0 saturated heterocycles. The van der Waals surface area contributed by atoms with E-state index >= 15 is 0 Å². The Bertz CT molecular complexity index is 654. The molecule has 3 N–H and O–H groups in total. The highest BCUT2D eigenvalue weighted by molar-refractivity contribution is 5.96. The van der Waals surface area contributed by atoms with Crippen LogP contribution < -0.4 is 10.5 Å². The van der Waals surface area contributed by atoms with Gasteiger partial charge < -0.3 is 15.7 Å². The van der Waals surface area contributed by atoms with Crippen LogP contribution in [0, 0.1) is 0 Å². The number of nitrogens with two attached hydrogens (primary N) is 1. The predicted molar refractivity (Wildman–Crippen MR) is 68.3 cm³/mol. The zero-order chi connectivity index (χ0) is 15.5. The van der Waals surface area contributed by atoms with Gasteiger partial charge in [-0.25, -0.2) is 4.98 Å². The SMILES string of the molecule is N/C(=N\O)c1ccc(Oc2ccccc2C(F)(F)F)nc1. The number of pyridine rings is 1. The number of halogens is 3. The second-order valence-corrected chi connectivity index (χ2v) is 3.97. The maximum Gasteiger partial charge on any atom is 0.419 e. The summed E-state index contributed by atoms with van der Waals surface area (Å²) in [5.41, 5.74) is 4.77. The number of nitrogens with zero attached hydrogens (tertiary/aromatic N) is 2. The van der Waals surface area contributed by atoms with E-state index in [1.54, 1.807) is 0 Å². The number of aromatic nitrogens is 1. The third kappa shape index (κ3) is 3.41. The second-order valence-electron chi connectivity index (χ2n) is 3.97. The number of alkyl halides is 3. The minimum absolute atomic E-state index is 0.0406. The molecule has 0 unspecified atom stereocenters. The number of para-hydroxylation sites is 1. The molecule has 2 aromatic rings. The highest BCUT2D eigenvalue weighted by Gasteiger charge is 2.34. The van der Waals surface area contributed by atoms with Crippen molar-refractivity contribution in [3.8, 4) is 11.6 Å². The number of hydrogen-bond donors (Lipinski definition) is 2. The first kappa shape index (κ1) is 14.6. The Morgan fingerprint density at radius 1 is 1.19 bits per heavy atom. The highest BCUT2D eigenvalue weighted by Crippen LogP contribution is 2.37. The van der Waals surface area contributed by atoms with E-state index in [2.05, 4.69) is 10.1 Å². The summed E-state index contributed by atoms with van der Waals surface area (Å²) in [6, 6.07) is 7.54. The van der Waals surface area contributed by atoms with Crippen LogP contribution in [0.2, 0.25) is 0 Å². The van der Waals surface area contributed by atoms with Gasteiger partial charge in [0.1, 0.15) is 5.75 Å². The highest BCUT2D eigenvalue weighted by atomic mass is 19.4. The predicted octanol–water partition coefficient (Wildman–Crippen LogP) is 2.99. The van der Waals surface area contributed by atoms with Crippen molar-refractivity contribution >= 4 is 5.84 Å². The van der Waals surface area contributed by atoms with Gasteiger partial charge in [0.05, 0.1) is 5.56 Å². The van der Waals surface area contributed by atoms with Gasteiger partial charge in [-0.2, -0.15) is 13.2 Å². The summed E-state index contributed by atoms with van der Waals surface area (Å²) in [5.74, 6) is -0.556. The number of hydrogen-bond acceptors (Lipinski definition) is 4. The fourth-order valence-electron chi connectivity index (χ4n) is 1.55. The molecule has 0 bridgehead atoms. The van der Waals surface area contributed by atoms with E-state index < -0.39 is 11.7 Å². The third-order valence-corrected chi connectivity index (χ3v) is 2.55. The van der Waals surface area contributed by atoms with E-state index in [-0.39, 0.29) is 17.5 Å². The zero-order valence-electron chi connectivity index (χ0n) is 10.5. The smallest absolute Gasteiger partial charge is 0.419 e. The van der Waals surface area contributed by atoms with Crippen LogP contribution in [-0.4, -0.2) is 16.0 Å².